The Hall–Kier alpha value is -1.93. The summed E-state index contributed by atoms with van der Waals surface area (Å²) in [6, 6.07) is 10.0. The molecule has 1 amide bonds. The van der Waals surface area contributed by atoms with Gasteiger partial charge in [-0.25, -0.2) is 0 Å². The predicted octanol–water partition coefficient (Wildman–Crippen LogP) is 4.04. The van der Waals surface area contributed by atoms with Gasteiger partial charge >= 0.3 is 0 Å². The summed E-state index contributed by atoms with van der Waals surface area (Å²) in [4.78, 5) is 12.2. The Bertz CT molecular complexity index is 836. The van der Waals surface area contributed by atoms with Crippen LogP contribution >= 0.6 is 23.2 Å². The van der Waals surface area contributed by atoms with Crippen molar-refractivity contribution >= 4 is 29.1 Å². The molecular weight excluding hydrogens is 361 g/mol. The third-order valence-corrected chi connectivity index (χ3v) is 4.56. The zero-order valence-corrected chi connectivity index (χ0v) is 14.9. The summed E-state index contributed by atoms with van der Waals surface area (Å²) in [6.07, 6.45) is 2.48. The van der Waals surface area contributed by atoms with E-state index in [1.165, 1.54) is 12.1 Å². The van der Waals surface area contributed by atoms with E-state index in [0.717, 1.165) is 18.4 Å². The molecule has 6 heteroatoms. The molecule has 1 saturated carbocycles. The Morgan fingerprint density at radius 1 is 1.32 bits per heavy atom. The minimum Gasteiger partial charge on any atom is -0.440 e. The van der Waals surface area contributed by atoms with Crippen LogP contribution < -0.4 is 5.32 Å². The Balaban J connectivity index is 1.67. The summed E-state index contributed by atoms with van der Waals surface area (Å²) in [5.41, 5.74) is -0.392. The van der Waals surface area contributed by atoms with Crippen LogP contribution in [0.3, 0.4) is 0 Å². The molecule has 1 heterocycles. The van der Waals surface area contributed by atoms with E-state index in [-0.39, 0.29) is 22.9 Å². The Morgan fingerprint density at radius 2 is 2.16 bits per heavy atom. The van der Waals surface area contributed by atoms with Gasteiger partial charge in [0.25, 0.3) is 5.91 Å². The van der Waals surface area contributed by atoms with Crippen molar-refractivity contribution in [3.05, 3.63) is 58.0 Å². The van der Waals surface area contributed by atoms with Crippen molar-refractivity contribution in [2.24, 2.45) is 0 Å². The molecule has 0 radical (unpaired) electrons. The number of amides is 1. The maximum absolute atomic E-state index is 12.2. The highest BCUT2D eigenvalue weighted by atomic mass is 35.5. The lowest BCUT2D eigenvalue weighted by Gasteiger charge is -2.33. The van der Waals surface area contributed by atoms with E-state index in [4.69, 9.17) is 27.6 Å². The standard InChI is InChI=1S/C19H17Cl2NO3/c20-14-4-1-3-13(11-14)8-10-19(24)9-2-5-15(12-19)22-18(23)16-6-7-17(21)25-16/h1,3-4,6-7,11,15,24H,2,5,9,12H2,(H,22,23)/t15-,19+/m0/s1. The normalized spacial score (nSPS) is 22.8. The quantitative estimate of drug-likeness (QED) is 0.776. The number of aliphatic hydroxyl groups is 1. The molecule has 2 N–H and O–H groups in total. The number of carbonyl (C=O) groups is 1. The average molecular weight is 378 g/mol. The third kappa shape index (κ3) is 4.79. The first-order valence-corrected chi connectivity index (χ1v) is 8.76. The third-order valence-electron chi connectivity index (χ3n) is 4.12. The van der Waals surface area contributed by atoms with Crippen molar-refractivity contribution in [1.29, 1.82) is 0 Å². The molecule has 2 atom stereocenters. The second kappa shape index (κ2) is 7.53. The zero-order valence-electron chi connectivity index (χ0n) is 13.4. The van der Waals surface area contributed by atoms with Gasteiger partial charge in [0.15, 0.2) is 11.0 Å². The van der Waals surface area contributed by atoms with Crippen molar-refractivity contribution in [2.45, 2.75) is 37.3 Å². The highest BCUT2D eigenvalue weighted by Gasteiger charge is 2.34. The van der Waals surface area contributed by atoms with Crippen LogP contribution in [0, 0.1) is 11.8 Å². The van der Waals surface area contributed by atoms with Gasteiger partial charge < -0.3 is 14.8 Å². The fourth-order valence-electron chi connectivity index (χ4n) is 2.94. The molecule has 1 fully saturated rings. The van der Waals surface area contributed by atoms with Crippen LogP contribution in [0.1, 0.15) is 41.8 Å². The van der Waals surface area contributed by atoms with Crippen molar-refractivity contribution in [3.63, 3.8) is 0 Å². The zero-order chi connectivity index (χ0) is 17.9. The average Bonchev–Trinajstić information content (AvgIpc) is 3.00. The smallest absolute Gasteiger partial charge is 0.287 e. The highest BCUT2D eigenvalue weighted by Crippen LogP contribution is 2.28. The van der Waals surface area contributed by atoms with Crippen LogP contribution in [0.15, 0.2) is 40.8 Å². The van der Waals surface area contributed by atoms with E-state index < -0.39 is 5.60 Å². The molecule has 0 saturated heterocycles. The molecule has 0 spiro atoms. The van der Waals surface area contributed by atoms with Gasteiger partial charge in [0, 0.05) is 23.0 Å². The summed E-state index contributed by atoms with van der Waals surface area (Å²) < 4.78 is 5.11. The number of benzene rings is 1. The molecular formula is C19H17Cl2NO3. The lowest BCUT2D eigenvalue weighted by atomic mass is 9.82. The van der Waals surface area contributed by atoms with Gasteiger partial charge in [-0.2, -0.15) is 0 Å². The second-order valence-electron chi connectivity index (χ2n) is 6.16. The van der Waals surface area contributed by atoms with Crippen LogP contribution in [0.25, 0.3) is 0 Å². The minimum absolute atomic E-state index is 0.157. The van der Waals surface area contributed by atoms with Gasteiger partial charge in [-0.15, -0.1) is 0 Å². The number of rotatable bonds is 2. The predicted molar refractivity (Wildman–Crippen MR) is 96.7 cm³/mol. The van der Waals surface area contributed by atoms with Gasteiger partial charge in [-0.1, -0.05) is 29.5 Å². The largest absolute Gasteiger partial charge is 0.440 e. The fraction of sp³-hybridized carbons (Fsp3) is 0.316. The molecule has 3 rings (SSSR count). The topological polar surface area (TPSA) is 62.5 Å². The number of nitrogens with one attached hydrogen (secondary N) is 1. The molecule has 2 aromatic rings. The number of hydrogen-bond donors (Lipinski definition) is 2. The molecule has 0 aliphatic heterocycles. The summed E-state index contributed by atoms with van der Waals surface area (Å²) in [5, 5.41) is 14.4. The summed E-state index contributed by atoms with van der Waals surface area (Å²) in [7, 11) is 0. The van der Waals surface area contributed by atoms with Crippen molar-refractivity contribution in [3.8, 4) is 11.8 Å². The monoisotopic (exact) mass is 377 g/mol. The van der Waals surface area contributed by atoms with Crippen molar-refractivity contribution in [1.82, 2.24) is 5.32 Å². The number of halogens is 2. The molecule has 1 aliphatic carbocycles. The first-order chi connectivity index (χ1) is 11.9. The van der Waals surface area contributed by atoms with E-state index in [0.29, 0.717) is 17.9 Å². The van der Waals surface area contributed by atoms with Gasteiger partial charge in [-0.05, 0) is 61.2 Å². The SMILES string of the molecule is O=C(N[C@H]1CCC[C@@](O)(C#Cc2cccc(Cl)c2)C1)c1ccc(Cl)o1. The van der Waals surface area contributed by atoms with Crippen LogP contribution in [0.4, 0.5) is 0 Å². The van der Waals surface area contributed by atoms with Gasteiger partial charge in [0.1, 0.15) is 5.60 Å². The highest BCUT2D eigenvalue weighted by molar-refractivity contribution is 6.30. The Labute approximate surface area is 156 Å². The van der Waals surface area contributed by atoms with Gasteiger partial charge in [-0.3, -0.25) is 4.79 Å². The Kier molecular flexibility index (Phi) is 5.39. The Morgan fingerprint density at radius 3 is 2.88 bits per heavy atom. The molecule has 1 aliphatic rings. The minimum atomic E-state index is -1.14. The van der Waals surface area contributed by atoms with E-state index in [1.54, 1.807) is 12.1 Å². The van der Waals surface area contributed by atoms with Crippen molar-refractivity contribution in [2.75, 3.05) is 0 Å². The maximum atomic E-state index is 12.2. The molecule has 25 heavy (non-hydrogen) atoms. The molecule has 1 aromatic heterocycles. The van der Waals surface area contributed by atoms with E-state index in [9.17, 15) is 9.90 Å². The summed E-state index contributed by atoms with van der Waals surface area (Å²) in [6.45, 7) is 0. The number of furan rings is 1. The molecule has 0 unspecified atom stereocenters. The van der Waals surface area contributed by atoms with Gasteiger partial charge in [0.05, 0.1) is 0 Å². The van der Waals surface area contributed by atoms with E-state index >= 15 is 0 Å². The lowest BCUT2D eigenvalue weighted by molar-refractivity contribution is 0.0448. The molecule has 0 bridgehead atoms. The number of carbonyl (C=O) groups excluding carboxylic acids is 1. The number of hydrogen-bond acceptors (Lipinski definition) is 3. The van der Waals surface area contributed by atoms with Crippen LogP contribution in [0.5, 0.6) is 0 Å². The van der Waals surface area contributed by atoms with Crippen LogP contribution in [-0.2, 0) is 0 Å². The molecule has 1 aromatic carbocycles. The molecule has 4 nitrogen and oxygen atoms in total. The summed E-state index contributed by atoms with van der Waals surface area (Å²) in [5.74, 6) is 5.72. The van der Waals surface area contributed by atoms with E-state index in [2.05, 4.69) is 17.2 Å². The maximum Gasteiger partial charge on any atom is 0.287 e. The van der Waals surface area contributed by atoms with E-state index in [1.807, 2.05) is 12.1 Å². The summed E-state index contributed by atoms with van der Waals surface area (Å²) >= 11 is 11.6. The van der Waals surface area contributed by atoms with Gasteiger partial charge in [0.2, 0.25) is 0 Å². The molecule has 130 valence electrons. The van der Waals surface area contributed by atoms with Crippen LogP contribution in [0.2, 0.25) is 10.2 Å². The fourth-order valence-corrected chi connectivity index (χ4v) is 3.27. The second-order valence-corrected chi connectivity index (χ2v) is 6.97. The lowest BCUT2D eigenvalue weighted by Crippen LogP contribution is -2.45. The first kappa shape index (κ1) is 17.9. The first-order valence-electron chi connectivity index (χ1n) is 8.01. The van der Waals surface area contributed by atoms with Crippen molar-refractivity contribution < 1.29 is 14.3 Å². The van der Waals surface area contributed by atoms with Crippen LogP contribution in [-0.4, -0.2) is 22.7 Å².